The Morgan fingerprint density at radius 1 is 0.278 bits per heavy atom. The van der Waals surface area contributed by atoms with Gasteiger partial charge in [-0.1, -0.05) is 231 Å². The van der Waals surface area contributed by atoms with Crippen LogP contribution in [0.1, 0.15) is 237 Å². The highest BCUT2D eigenvalue weighted by Crippen LogP contribution is 2.32. The molecule has 3 N–H and O–H groups in total. The molecule has 0 saturated heterocycles. The molecule has 1 nitrogen and oxygen atoms in total. The molecule has 0 saturated carbocycles. The van der Waals surface area contributed by atoms with Gasteiger partial charge >= 0.3 is 0 Å². The molecule has 1 unspecified atom stereocenters. The summed E-state index contributed by atoms with van der Waals surface area (Å²) in [5, 5.41) is 0. The molecule has 0 amide bonds. The molecule has 0 spiro atoms. The maximum Gasteiger partial charge on any atom is 0.200 e. The van der Waals surface area contributed by atoms with Crippen molar-refractivity contribution in [1.29, 1.82) is 0 Å². The van der Waals surface area contributed by atoms with Gasteiger partial charge in [0.15, 0.2) is 69.8 Å². The maximum atomic E-state index is 15.4. The minimum Gasteiger partial charge on any atom is -0.325 e. The summed E-state index contributed by atoms with van der Waals surface area (Å²) in [6.45, 7) is 6.89. The van der Waals surface area contributed by atoms with Crippen molar-refractivity contribution in [1.82, 2.24) is 0 Å². The molecule has 1 atom stereocenters. The molecule has 5 aromatic rings. The molecule has 5 rings (SSSR count). The lowest BCUT2D eigenvalue weighted by Gasteiger charge is -2.44. The molecule has 22 heteroatoms. The van der Waals surface area contributed by atoms with Crippen molar-refractivity contribution in [2.45, 2.75) is 239 Å². The Balaban J connectivity index is 0.000000384. The topological polar surface area (TPSA) is 27.6 Å². The fourth-order valence-corrected chi connectivity index (χ4v) is 12.3. The van der Waals surface area contributed by atoms with E-state index in [-0.39, 0.29) is 0 Å². The molecule has 0 bridgehead atoms. The lowest BCUT2D eigenvalue weighted by Crippen LogP contribution is -2.81. The van der Waals surface area contributed by atoms with Crippen molar-refractivity contribution in [3.8, 4) is 0 Å². The first-order chi connectivity index (χ1) is 42.9. The Bertz CT molecular complexity index is 2680. The molecule has 5 aromatic carbocycles. The van der Waals surface area contributed by atoms with E-state index in [0.717, 1.165) is 5.92 Å². The summed E-state index contributed by atoms with van der Waals surface area (Å²) in [4.78, 5) is 0. The van der Waals surface area contributed by atoms with Crippen LogP contribution in [0.25, 0.3) is 0 Å². The fourth-order valence-electron chi connectivity index (χ4n) is 12.3. The third kappa shape index (κ3) is 19.6. The summed E-state index contributed by atoms with van der Waals surface area (Å²) in [6.07, 6.45) is 42.2. The number of aryl methyl sites for hydroxylation is 1. The number of hydrogen-bond acceptors (Lipinski definition) is 0. The van der Waals surface area contributed by atoms with Crippen molar-refractivity contribution in [3.05, 3.63) is 146 Å². The second-order valence-corrected chi connectivity index (χ2v) is 23.9. The summed E-state index contributed by atoms with van der Waals surface area (Å²) in [6, 6.07) is 6.69. The first-order valence-corrected chi connectivity index (χ1v) is 32.0. The predicted octanol–water partition coefficient (Wildman–Crippen LogP) is 20.8. The third-order valence-corrected chi connectivity index (χ3v) is 17.5. The maximum absolute atomic E-state index is 15.4. The van der Waals surface area contributed by atoms with E-state index in [0.29, 0.717) is 0 Å². The molecule has 0 radical (unpaired) electrons. The lowest BCUT2D eigenvalue weighted by molar-refractivity contribution is -0.255. The van der Waals surface area contributed by atoms with Gasteiger partial charge in [-0.05, 0) is 37.3 Å². The van der Waals surface area contributed by atoms with Gasteiger partial charge in [0.1, 0.15) is 58.4 Å². The van der Waals surface area contributed by atoms with Gasteiger partial charge in [-0.3, -0.25) is 0 Å². The molecule has 90 heavy (non-hydrogen) atoms. The van der Waals surface area contributed by atoms with Crippen molar-refractivity contribution < 1.29 is 93.5 Å². The monoisotopic (exact) mass is 1310 g/mol. The van der Waals surface area contributed by atoms with Crippen LogP contribution in [0.3, 0.4) is 0 Å². The van der Waals surface area contributed by atoms with E-state index in [1.807, 2.05) is 0 Å². The molecule has 504 valence electrons. The summed E-state index contributed by atoms with van der Waals surface area (Å²) in [7, 11) is 0. The Labute approximate surface area is 516 Å². The summed E-state index contributed by atoms with van der Waals surface area (Å²) < 4.78 is 294. The number of halogens is 20. The highest BCUT2D eigenvalue weighted by molar-refractivity contribution is 7.20. The first kappa shape index (κ1) is 77.2. The Kier molecular flexibility index (Phi) is 33.2. The van der Waals surface area contributed by atoms with Crippen LogP contribution in [0.4, 0.5) is 93.5 Å². The van der Waals surface area contributed by atoms with Crippen LogP contribution in [-0.4, -0.2) is 6.15 Å². The second-order valence-electron chi connectivity index (χ2n) is 23.9. The average molecular weight is 1310 g/mol. The predicted molar refractivity (Wildman–Crippen MR) is 314 cm³/mol. The van der Waals surface area contributed by atoms with Crippen molar-refractivity contribution in [3.63, 3.8) is 0 Å². The Morgan fingerprint density at radius 2 is 0.478 bits per heavy atom. The normalized spacial score (nSPS) is 12.1. The van der Waals surface area contributed by atoms with Crippen LogP contribution in [-0.2, 0) is 6.42 Å². The van der Waals surface area contributed by atoms with Gasteiger partial charge in [0.05, 0.1) is 0 Å². The fraction of sp³-hybridized carbons (Fsp3) is 0.559. The summed E-state index contributed by atoms with van der Waals surface area (Å²) in [5.74, 6) is -70.5. The van der Waals surface area contributed by atoms with Gasteiger partial charge in [0, 0.05) is 5.56 Å². The van der Waals surface area contributed by atoms with Gasteiger partial charge in [-0.15, -0.1) is 21.9 Å². The van der Waals surface area contributed by atoms with E-state index in [4.69, 9.17) is 0 Å². The van der Waals surface area contributed by atoms with Crippen molar-refractivity contribution in [2.75, 3.05) is 0 Å². The molecule has 0 aliphatic rings. The molecule has 0 aromatic heterocycles. The summed E-state index contributed by atoms with van der Waals surface area (Å²) in [5.41, 5.74) is -5.94. The van der Waals surface area contributed by atoms with E-state index in [9.17, 15) is 52.7 Å². The Morgan fingerprint density at radius 3 is 0.711 bits per heavy atom. The van der Waals surface area contributed by atoms with Gasteiger partial charge in [0.25, 0.3) is 0 Å². The highest BCUT2D eigenvalue weighted by atomic mass is 19.2. The largest absolute Gasteiger partial charge is 0.325 e. The van der Waals surface area contributed by atoms with Gasteiger partial charge in [0.2, 0.25) is 0 Å². The quantitative estimate of drug-likeness (QED) is 0.0134. The van der Waals surface area contributed by atoms with E-state index in [1.54, 1.807) is 0 Å². The SMILES string of the molecule is CCCCCCCCCCCCCCCCCCCC(CCCCCCCCCCCCCC)CCCc1cccc([NH3+])c1C.Fc1c(F)c(F)c([B-](c2c(F)c(F)c(F)c(F)c2F)(c2c(F)c(F)c(F)c(F)c2F)c2c(F)c(F)c(F)c(F)c2F)c(F)c1F. The van der Waals surface area contributed by atoms with Crippen molar-refractivity contribution >= 4 is 33.7 Å². The van der Waals surface area contributed by atoms with E-state index < -0.39 is 144 Å². The molecule has 0 fully saturated rings. The van der Waals surface area contributed by atoms with Gasteiger partial charge in [-0.25, -0.2) is 87.8 Å². The summed E-state index contributed by atoms with van der Waals surface area (Å²) >= 11 is 0. The third-order valence-electron chi connectivity index (χ3n) is 17.5. The smallest absolute Gasteiger partial charge is 0.200 e. The molecular weight excluding hydrogens is 1220 g/mol. The van der Waals surface area contributed by atoms with E-state index in [2.05, 4.69) is 44.7 Å². The molecular formula is C68H84BF20N. The zero-order chi connectivity index (χ0) is 66.8. The number of unbranched alkanes of at least 4 members (excludes halogenated alkanes) is 27. The zero-order valence-corrected chi connectivity index (χ0v) is 51.7. The number of benzene rings is 5. The van der Waals surface area contributed by atoms with Crippen LogP contribution in [0, 0.1) is 129 Å². The lowest BCUT2D eigenvalue weighted by atomic mass is 9.12. The van der Waals surface area contributed by atoms with Crippen LogP contribution in [0.15, 0.2) is 18.2 Å². The van der Waals surface area contributed by atoms with Crippen LogP contribution in [0.5, 0.6) is 0 Å². The van der Waals surface area contributed by atoms with Crippen LogP contribution in [0.2, 0.25) is 0 Å². The number of rotatable bonds is 39. The molecule has 0 aliphatic carbocycles. The first-order valence-electron chi connectivity index (χ1n) is 32.0. The number of quaternary nitrogens is 1. The minimum absolute atomic E-state index is 0.952. The minimum atomic E-state index is -7.22. The van der Waals surface area contributed by atoms with Gasteiger partial charge in [-0.2, -0.15) is 0 Å². The zero-order valence-electron chi connectivity index (χ0n) is 51.7. The van der Waals surface area contributed by atoms with E-state index in [1.165, 1.54) is 235 Å². The molecule has 0 heterocycles. The number of hydrogen-bond donors (Lipinski definition) is 1. The standard InChI is InChI=1S/C44H83N.C24BF20/c1-4-6-8-10-12-14-16-18-19-20-21-22-24-26-28-30-32-36-42(37-33-38-43-39-34-40-44(45)41(43)3)35-31-29-27-25-23-17-15-13-11-9-7-5-2;26-5-1(6(27)14(35)21(42)13(5)34)25(2-7(28)15(36)22(43)16(37)8(2)29,3-9(30)17(38)23(44)18(39)10(3)31)4-11(32)19(40)24(45)20(41)12(4)33/h34,39-40,42H,4-33,35-38,45H2,1-3H3;/q;-1/p+1. The second kappa shape index (κ2) is 38.7. The van der Waals surface area contributed by atoms with Crippen LogP contribution < -0.4 is 27.6 Å². The van der Waals surface area contributed by atoms with Gasteiger partial charge < -0.3 is 5.73 Å². The highest BCUT2D eigenvalue weighted by Gasteiger charge is 2.52. The average Bonchev–Trinajstić information content (AvgIpc) is 0.690. The molecule has 0 aliphatic heterocycles. The van der Waals surface area contributed by atoms with Crippen molar-refractivity contribution in [2.24, 2.45) is 5.92 Å². The van der Waals surface area contributed by atoms with E-state index >= 15 is 35.1 Å². The van der Waals surface area contributed by atoms with Crippen LogP contribution >= 0.6 is 0 Å². The Hall–Kier alpha value is -5.28.